The molecule has 0 saturated heterocycles. The van der Waals surface area contributed by atoms with Gasteiger partial charge in [0.2, 0.25) is 0 Å². The van der Waals surface area contributed by atoms with Crippen LogP contribution in [0.25, 0.3) is 0 Å². The summed E-state index contributed by atoms with van der Waals surface area (Å²) in [6.07, 6.45) is 7.45. The van der Waals surface area contributed by atoms with E-state index in [1.54, 1.807) is 6.26 Å². The molecule has 2 rings (SSSR count). The summed E-state index contributed by atoms with van der Waals surface area (Å²) in [6.45, 7) is 3.08. The lowest BCUT2D eigenvalue weighted by atomic mass is 10.0. The molecule has 2 heterocycles. The van der Waals surface area contributed by atoms with Gasteiger partial charge in [0.25, 0.3) is 0 Å². The van der Waals surface area contributed by atoms with E-state index in [0.717, 1.165) is 19.4 Å². The van der Waals surface area contributed by atoms with Gasteiger partial charge >= 0.3 is 0 Å². The van der Waals surface area contributed by atoms with Gasteiger partial charge in [-0.25, -0.2) is 0 Å². The lowest BCUT2D eigenvalue weighted by Crippen LogP contribution is -2.21. The van der Waals surface area contributed by atoms with E-state index >= 15 is 0 Å². The Labute approximate surface area is 102 Å². The quantitative estimate of drug-likeness (QED) is 0.832. The molecule has 0 radical (unpaired) electrons. The Balaban J connectivity index is 1.97. The van der Waals surface area contributed by atoms with Crippen LogP contribution in [0.4, 0.5) is 0 Å². The second kappa shape index (κ2) is 5.68. The fraction of sp³-hybridized carbons (Fsp3) is 0.462. The predicted molar refractivity (Wildman–Crippen MR) is 66.7 cm³/mol. The molecule has 1 unspecified atom stereocenters. The lowest BCUT2D eigenvalue weighted by Gasteiger charge is -2.16. The summed E-state index contributed by atoms with van der Waals surface area (Å²) in [7, 11) is 1.98. The van der Waals surface area contributed by atoms with Gasteiger partial charge in [0.05, 0.1) is 12.5 Å². The molecule has 0 spiro atoms. The minimum atomic E-state index is 0.355. The van der Waals surface area contributed by atoms with E-state index in [9.17, 15) is 0 Å². The van der Waals surface area contributed by atoms with Gasteiger partial charge in [0.15, 0.2) is 0 Å². The normalized spacial score (nSPS) is 12.8. The lowest BCUT2D eigenvalue weighted by molar-refractivity contribution is 0.494. The van der Waals surface area contributed by atoms with E-state index in [4.69, 9.17) is 4.42 Å². The maximum atomic E-state index is 5.15. The zero-order valence-electron chi connectivity index (χ0n) is 10.4. The molecule has 0 aromatic carbocycles. The van der Waals surface area contributed by atoms with Crippen molar-refractivity contribution in [2.45, 2.75) is 25.8 Å². The number of nitrogens with one attached hydrogen (secondary N) is 1. The van der Waals surface area contributed by atoms with Gasteiger partial charge in [-0.15, -0.1) is 0 Å². The predicted octanol–water partition coefficient (Wildman–Crippen LogP) is 2.30. The fourth-order valence-electron chi connectivity index (χ4n) is 2.05. The van der Waals surface area contributed by atoms with Crippen molar-refractivity contribution in [1.29, 1.82) is 0 Å². The molecule has 0 aliphatic rings. The van der Waals surface area contributed by atoms with Crippen LogP contribution < -0.4 is 5.32 Å². The maximum Gasteiger partial charge on any atom is 0.0950 e. The van der Waals surface area contributed by atoms with Crippen LogP contribution in [0, 0.1) is 0 Å². The van der Waals surface area contributed by atoms with Gasteiger partial charge in [-0.2, -0.15) is 5.10 Å². The van der Waals surface area contributed by atoms with Crippen LogP contribution in [-0.2, 0) is 13.5 Å². The molecule has 0 saturated carbocycles. The number of aromatic nitrogens is 2. The molecule has 2 aromatic heterocycles. The molecule has 0 aliphatic carbocycles. The van der Waals surface area contributed by atoms with E-state index in [1.807, 2.05) is 30.3 Å². The van der Waals surface area contributed by atoms with Crippen molar-refractivity contribution in [2.24, 2.45) is 7.05 Å². The summed E-state index contributed by atoms with van der Waals surface area (Å²) in [6, 6.07) is 4.45. The first-order valence-corrected chi connectivity index (χ1v) is 6.03. The van der Waals surface area contributed by atoms with Gasteiger partial charge in [0, 0.05) is 30.5 Å². The highest BCUT2D eigenvalue weighted by Gasteiger charge is 2.12. The standard InChI is InChI=1S/C13H19N3O/c1-3-14-13(11-7-9-17-10-11)5-4-12-6-8-15-16(12)2/h6-10,13-14H,3-5H2,1-2H3. The number of hydrogen-bond donors (Lipinski definition) is 1. The molecular formula is C13H19N3O. The zero-order valence-corrected chi connectivity index (χ0v) is 10.4. The minimum Gasteiger partial charge on any atom is -0.472 e. The van der Waals surface area contributed by atoms with Gasteiger partial charge in [-0.3, -0.25) is 4.68 Å². The third kappa shape index (κ3) is 2.97. The Bertz CT molecular complexity index is 433. The molecule has 0 amide bonds. The van der Waals surface area contributed by atoms with Crippen molar-refractivity contribution in [2.75, 3.05) is 6.54 Å². The molecule has 1 atom stereocenters. The van der Waals surface area contributed by atoms with E-state index in [-0.39, 0.29) is 0 Å². The minimum absolute atomic E-state index is 0.355. The van der Waals surface area contributed by atoms with Crippen molar-refractivity contribution in [3.63, 3.8) is 0 Å². The topological polar surface area (TPSA) is 43.0 Å². The van der Waals surface area contributed by atoms with Crippen LogP contribution >= 0.6 is 0 Å². The summed E-state index contributed by atoms with van der Waals surface area (Å²) >= 11 is 0. The monoisotopic (exact) mass is 233 g/mol. The van der Waals surface area contributed by atoms with Crippen molar-refractivity contribution in [3.05, 3.63) is 42.1 Å². The smallest absolute Gasteiger partial charge is 0.0950 e. The van der Waals surface area contributed by atoms with Crippen LogP contribution in [0.5, 0.6) is 0 Å². The zero-order chi connectivity index (χ0) is 12.1. The molecule has 0 bridgehead atoms. The maximum absolute atomic E-state index is 5.15. The summed E-state index contributed by atoms with van der Waals surface area (Å²) in [5.41, 5.74) is 2.48. The highest BCUT2D eigenvalue weighted by molar-refractivity contribution is 5.12. The van der Waals surface area contributed by atoms with Crippen molar-refractivity contribution < 1.29 is 4.42 Å². The summed E-state index contributed by atoms with van der Waals surface area (Å²) in [5.74, 6) is 0. The number of furan rings is 1. The Morgan fingerprint density at radius 3 is 2.94 bits per heavy atom. The van der Waals surface area contributed by atoms with E-state index < -0.39 is 0 Å². The number of nitrogens with zero attached hydrogens (tertiary/aromatic N) is 2. The largest absolute Gasteiger partial charge is 0.472 e. The average Bonchev–Trinajstić information content (AvgIpc) is 2.96. The molecule has 4 heteroatoms. The number of hydrogen-bond acceptors (Lipinski definition) is 3. The Kier molecular flexibility index (Phi) is 3.98. The molecule has 17 heavy (non-hydrogen) atoms. The van der Waals surface area contributed by atoms with Crippen LogP contribution in [0.3, 0.4) is 0 Å². The Morgan fingerprint density at radius 2 is 2.35 bits per heavy atom. The highest BCUT2D eigenvalue weighted by Crippen LogP contribution is 2.19. The third-order valence-electron chi connectivity index (χ3n) is 3.01. The Morgan fingerprint density at radius 1 is 1.47 bits per heavy atom. The average molecular weight is 233 g/mol. The number of aryl methyl sites for hydroxylation is 2. The summed E-state index contributed by atoms with van der Waals surface area (Å²) in [4.78, 5) is 0. The molecule has 0 aliphatic heterocycles. The third-order valence-corrected chi connectivity index (χ3v) is 3.01. The van der Waals surface area contributed by atoms with Crippen molar-refractivity contribution in [1.82, 2.24) is 15.1 Å². The molecule has 4 nitrogen and oxygen atoms in total. The molecule has 1 N–H and O–H groups in total. The first kappa shape index (κ1) is 11.9. The second-order valence-electron chi connectivity index (χ2n) is 4.15. The van der Waals surface area contributed by atoms with E-state index in [1.165, 1.54) is 11.3 Å². The van der Waals surface area contributed by atoms with E-state index in [2.05, 4.69) is 23.4 Å². The van der Waals surface area contributed by atoms with Gasteiger partial charge in [-0.05, 0) is 31.5 Å². The van der Waals surface area contributed by atoms with Crippen LogP contribution in [0.15, 0.2) is 35.3 Å². The van der Waals surface area contributed by atoms with Gasteiger partial charge < -0.3 is 9.73 Å². The molecule has 92 valence electrons. The molecule has 0 fully saturated rings. The number of rotatable bonds is 6. The summed E-state index contributed by atoms with van der Waals surface area (Å²) in [5, 5.41) is 7.66. The first-order valence-electron chi connectivity index (χ1n) is 6.03. The van der Waals surface area contributed by atoms with E-state index in [0.29, 0.717) is 6.04 Å². The van der Waals surface area contributed by atoms with Crippen molar-refractivity contribution >= 4 is 0 Å². The molecule has 2 aromatic rings. The van der Waals surface area contributed by atoms with Crippen LogP contribution in [-0.4, -0.2) is 16.3 Å². The van der Waals surface area contributed by atoms with Gasteiger partial charge in [0.1, 0.15) is 0 Å². The SMILES string of the molecule is CCNC(CCc1ccnn1C)c1ccoc1. The highest BCUT2D eigenvalue weighted by atomic mass is 16.3. The van der Waals surface area contributed by atoms with Gasteiger partial charge in [-0.1, -0.05) is 6.92 Å². The first-order chi connectivity index (χ1) is 8.31. The summed E-state index contributed by atoms with van der Waals surface area (Å²) < 4.78 is 7.07. The van der Waals surface area contributed by atoms with Crippen molar-refractivity contribution in [3.8, 4) is 0 Å². The molecular weight excluding hydrogens is 214 g/mol. The fourth-order valence-corrected chi connectivity index (χ4v) is 2.05. The second-order valence-corrected chi connectivity index (χ2v) is 4.15. The Hall–Kier alpha value is -1.55. The van der Waals surface area contributed by atoms with Crippen LogP contribution in [0.2, 0.25) is 0 Å². The van der Waals surface area contributed by atoms with Crippen LogP contribution in [0.1, 0.15) is 30.6 Å².